The van der Waals surface area contributed by atoms with Crippen molar-refractivity contribution in [3.63, 3.8) is 0 Å². The summed E-state index contributed by atoms with van der Waals surface area (Å²) in [6, 6.07) is 14.9. The monoisotopic (exact) mass is 348 g/mol. The molecule has 2 N–H and O–H groups in total. The minimum Gasteiger partial charge on any atom is -0.491 e. The summed E-state index contributed by atoms with van der Waals surface area (Å²) in [4.78, 5) is 11.9. The third-order valence-corrected chi connectivity index (χ3v) is 4.40. The molecule has 0 radical (unpaired) electrons. The Morgan fingerprint density at radius 3 is 2.25 bits per heavy atom. The van der Waals surface area contributed by atoms with Crippen LogP contribution in [0.4, 0.5) is 5.69 Å². The molecule has 0 unspecified atom stereocenters. The van der Waals surface area contributed by atoms with Gasteiger partial charge < -0.3 is 10.1 Å². The van der Waals surface area contributed by atoms with Gasteiger partial charge >= 0.3 is 0 Å². The largest absolute Gasteiger partial charge is 0.491 e. The molecule has 0 spiro atoms. The van der Waals surface area contributed by atoms with E-state index < -0.39 is 15.9 Å². The molecule has 0 aliphatic carbocycles. The van der Waals surface area contributed by atoms with Crippen LogP contribution in [0, 0.1) is 0 Å². The van der Waals surface area contributed by atoms with E-state index in [2.05, 4.69) is 10.0 Å². The van der Waals surface area contributed by atoms with Crippen LogP contribution in [0.2, 0.25) is 0 Å². The second-order valence-corrected chi connectivity index (χ2v) is 7.14. The molecular formula is C17H20N2O4S. The lowest BCUT2D eigenvalue weighted by molar-refractivity contribution is -0.115. The van der Waals surface area contributed by atoms with E-state index in [0.29, 0.717) is 11.4 Å². The zero-order valence-corrected chi connectivity index (χ0v) is 14.3. The first-order valence-electron chi connectivity index (χ1n) is 7.48. The first kappa shape index (κ1) is 18.0. The predicted molar refractivity (Wildman–Crippen MR) is 92.5 cm³/mol. The zero-order valence-electron chi connectivity index (χ0n) is 13.5. The van der Waals surface area contributed by atoms with Crippen molar-refractivity contribution >= 4 is 21.6 Å². The van der Waals surface area contributed by atoms with E-state index in [0.717, 1.165) is 0 Å². The van der Waals surface area contributed by atoms with Crippen molar-refractivity contribution in [3.05, 3.63) is 54.6 Å². The highest BCUT2D eigenvalue weighted by Gasteiger charge is 2.15. The number of carbonyl (C=O) groups is 1. The van der Waals surface area contributed by atoms with Gasteiger partial charge in [-0.25, -0.2) is 13.1 Å². The average Bonchev–Trinajstić information content (AvgIpc) is 2.54. The van der Waals surface area contributed by atoms with E-state index in [4.69, 9.17) is 4.74 Å². The number of rotatable bonds is 7. The Morgan fingerprint density at radius 2 is 1.67 bits per heavy atom. The first-order valence-corrected chi connectivity index (χ1v) is 8.96. The smallest absolute Gasteiger partial charge is 0.241 e. The second-order valence-electron chi connectivity index (χ2n) is 5.38. The molecule has 0 heterocycles. The molecule has 0 aromatic heterocycles. The number of sulfonamides is 1. The number of hydrogen-bond acceptors (Lipinski definition) is 4. The maximum absolute atomic E-state index is 12.2. The zero-order chi connectivity index (χ0) is 17.6. The average molecular weight is 348 g/mol. The molecule has 2 rings (SSSR count). The van der Waals surface area contributed by atoms with Crippen molar-refractivity contribution < 1.29 is 17.9 Å². The number of benzene rings is 2. The summed E-state index contributed by atoms with van der Waals surface area (Å²) in [6.07, 6.45) is 0.00673. The van der Waals surface area contributed by atoms with Crippen molar-refractivity contribution in [1.29, 1.82) is 0 Å². The molecule has 2 aromatic rings. The van der Waals surface area contributed by atoms with Crippen LogP contribution in [0.1, 0.15) is 13.8 Å². The van der Waals surface area contributed by atoms with Crippen LogP contribution in [-0.4, -0.2) is 27.0 Å². The predicted octanol–water partition coefficient (Wildman–Crippen LogP) is 2.39. The van der Waals surface area contributed by atoms with Crippen LogP contribution in [0.5, 0.6) is 5.75 Å². The molecule has 0 aliphatic heterocycles. The molecule has 1 amide bonds. The molecule has 2 aromatic carbocycles. The summed E-state index contributed by atoms with van der Waals surface area (Å²) in [5.41, 5.74) is 0.608. The molecule has 128 valence electrons. The van der Waals surface area contributed by atoms with Crippen molar-refractivity contribution in [3.8, 4) is 5.75 Å². The molecule has 0 bridgehead atoms. The van der Waals surface area contributed by atoms with Gasteiger partial charge in [0.2, 0.25) is 15.9 Å². The number of para-hydroxylation sites is 1. The summed E-state index contributed by atoms with van der Waals surface area (Å²) in [5, 5.41) is 2.61. The van der Waals surface area contributed by atoms with Crippen molar-refractivity contribution in [2.45, 2.75) is 24.8 Å². The molecule has 0 saturated heterocycles. The Kier molecular flexibility index (Phi) is 5.94. The van der Waals surface area contributed by atoms with Crippen LogP contribution in [-0.2, 0) is 14.8 Å². The minimum atomic E-state index is -3.76. The lowest BCUT2D eigenvalue weighted by Gasteiger charge is -2.11. The molecule has 0 atom stereocenters. The highest BCUT2D eigenvalue weighted by Crippen LogP contribution is 2.17. The van der Waals surface area contributed by atoms with Crippen LogP contribution < -0.4 is 14.8 Å². The van der Waals surface area contributed by atoms with Crippen LogP contribution in [0.15, 0.2) is 59.5 Å². The Morgan fingerprint density at radius 1 is 1.04 bits per heavy atom. The summed E-state index contributed by atoms with van der Waals surface area (Å²) in [7, 11) is -3.76. The third-order valence-electron chi connectivity index (χ3n) is 2.99. The standard InChI is InChI=1S/C17H20N2O4S/c1-13(2)23-15-8-10-16(11-9-15)24(21,22)18-12-17(20)19-14-6-4-3-5-7-14/h3-11,13,18H,12H2,1-2H3,(H,19,20). The minimum absolute atomic E-state index is 0.00673. The fourth-order valence-corrected chi connectivity index (χ4v) is 2.92. The van der Waals surface area contributed by atoms with Gasteiger partial charge in [-0.2, -0.15) is 0 Å². The van der Waals surface area contributed by atoms with Gasteiger partial charge in [0.1, 0.15) is 5.75 Å². The van der Waals surface area contributed by atoms with E-state index in [1.54, 1.807) is 36.4 Å². The fourth-order valence-electron chi connectivity index (χ4n) is 1.94. The number of carbonyl (C=O) groups excluding carboxylic acids is 1. The van der Waals surface area contributed by atoms with E-state index in [-0.39, 0.29) is 17.5 Å². The summed E-state index contributed by atoms with van der Waals surface area (Å²) >= 11 is 0. The second kappa shape index (κ2) is 7.94. The Labute approximate surface area is 141 Å². The van der Waals surface area contributed by atoms with Gasteiger partial charge in [-0.15, -0.1) is 0 Å². The van der Waals surface area contributed by atoms with Crippen LogP contribution in [0.25, 0.3) is 0 Å². The fraction of sp³-hybridized carbons (Fsp3) is 0.235. The number of amides is 1. The molecule has 6 nitrogen and oxygen atoms in total. The molecule has 0 fully saturated rings. The van der Waals surface area contributed by atoms with Gasteiger partial charge in [-0.3, -0.25) is 4.79 Å². The number of anilines is 1. The van der Waals surface area contributed by atoms with E-state index in [1.807, 2.05) is 19.9 Å². The highest BCUT2D eigenvalue weighted by molar-refractivity contribution is 7.89. The Hall–Kier alpha value is -2.38. The molecule has 7 heteroatoms. The normalized spacial score (nSPS) is 11.3. The number of hydrogen-bond donors (Lipinski definition) is 2. The molecule has 0 aliphatic rings. The van der Waals surface area contributed by atoms with Gasteiger partial charge in [0.05, 0.1) is 17.5 Å². The molecule has 0 saturated carbocycles. The maximum Gasteiger partial charge on any atom is 0.241 e. The van der Waals surface area contributed by atoms with Gasteiger partial charge in [-0.1, -0.05) is 18.2 Å². The van der Waals surface area contributed by atoms with Gasteiger partial charge in [0, 0.05) is 5.69 Å². The quantitative estimate of drug-likeness (QED) is 0.805. The van der Waals surface area contributed by atoms with Crippen LogP contribution >= 0.6 is 0 Å². The van der Waals surface area contributed by atoms with Crippen molar-refractivity contribution in [2.24, 2.45) is 0 Å². The van der Waals surface area contributed by atoms with Gasteiger partial charge in [0.15, 0.2) is 0 Å². The summed E-state index contributed by atoms with van der Waals surface area (Å²) in [5.74, 6) is 0.148. The summed E-state index contributed by atoms with van der Waals surface area (Å²) in [6.45, 7) is 3.43. The number of ether oxygens (including phenoxy) is 1. The maximum atomic E-state index is 12.2. The van der Waals surface area contributed by atoms with E-state index in [1.165, 1.54) is 12.1 Å². The first-order chi connectivity index (χ1) is 11.4. The highest BCUT2D eigenvalue weighted by atomic mass is 32.2. The van der Waals surface area contributed by atoms with E-state index in [9.17, 15) is 13.2 Å². The molecular weight excluding hydrogens is 328 g/mol. The Balaban J connectivity index is 1.94. The van der Waals surface area contributed by atoms with Crippen molar-refractivity contribution in [2.75, 3.05) is 11.9 Å². The van der Waals surface area contributed by atoms with E-state index >= 15 is 0 Å². The summed E-state index contributed by atoms with van der Waals surface area (Å²) < 4.78 is 32.1. The Bertz CT molecular complexity index is 772. The lowest BCUT2D eigenvalue weighted by Crippen LogP contribution is -2.32. The van der Waals surface area contributed by atoms with Crippen LogP contribution in [0.3, 0.4) is 0 Å². The molecule has 24 heavy (non-hydrogen) atoms. The third kappa shape index (κ3) is 5.36. The SMILES string of the molecule is CC(C)Oc1ccc(S(=O)(=O)NCC(=O)Nc2ccccc2)cc1. The van der Waals surface area contributed by atoms with Gasteiger partial charge in [0.25, 0.3) is 0 Å². The number of nitrogens with one attached hydrogen (secondary N) is 2. The van der Waals surface area contributed by atoms with Crippen molar-refractivity contribution in [1.82, 2.24) is 4.72 Å². The topological polar surface area (TPSA) is 84.5 Å². The lowest BCUT2D eigenvalue weighted by atomic mass is 10.3. The van der Waals surface area contributed by atoms with Gasteiger partial charge in [-0.05, 0) is 50.2 Å².